The van der Waals surface area contributed by atoms with Gasteiger partial charge in [0, 0.05) is 19.3 Å². The van der Waals surface area contributed by atoms with E-state index in [-0.39, 0.29) is 25.9 Å². The molecule has 0 spiro atoms. The van der Waals surface area contributed by atoms with E-state index < -0.39 is 67.3 Å². The lowest BCUT2D eigenvalue weighted by atomic mass is 9.98. The van der Waals surface area contributed by atoms with E-state index in [4.69, 9.17) is 23.7 Å². The lowest BCUT2D eigenvalue weighted by Crippen LogP contribution is -2.61. The molecule has 0 aliphatic carbocycles. The first-order chi connectivity index (χ1) is 39.6. The van der Waals surface area contributed by atoms with Crippen molar-refractivity contribution in [1.82, 2.24) is 0 Å². The fourth-order valence-corrected chi connectivity index (χ4v) is 8.69. The highest BCUT2D eigenvalue weighted by atomic mass is 16.7. The topological polar surface area (TPSA) is 175 Å². The first-order valence-electron chi connectivity index (χ1n) is 31.5. The van der Waals surface area contributed by atoms with Crippen molar-refractivity contribution in [1.29, 1.82) is 0 Å². The van der Waals surface area contributed by atoms with Crippen LogP contribution in [0.15, 0.2) is 122 Å². The Morgan fingerprint density at radius 2 is 0.802 bits per heavy atom. The highest BCUT2D eigenvalue weighted by Gasteiger charge is 2.50. The molecule has 81 heavy (non-hydrogen) atoms. The molecular formula is C69H110O12. The molecule has 0 aromatic rings. The highest BCUT2D eigenvalue weighted by Crippen LogP contribution is 2.26. The summed E-state index contributed by atoms with van der Waals surface area (Å²) in [6.45, 7) is 5.79. The third-order valence-electron chi connectivity index (χ3n) is 13.5. The summed E-state index contributed by atoms with van der Waals surface area (Å²) < 4.78 is 28.4. The molecule has 0 aromatic heterocycles. The van der Waals surface area contributed by atoms with E-state index in [9.17, 15) is 34.5 Å². The van der Waals surface area contributed by atoms with Crippen LogP contribution in [0.4, 0.5) is 0 Å². The van der Waals surface area contributed by atoms with Crippen LogP contribution in [-0.2, 0) is 42.9 Å². The van der Waals surface area contributed by atoms with Crippen LogP contribution in [0.25, 0.3) is 0 Å². The summed E-state index contributed by atoms with van der Waals surface area (Å²) in [4.78, 5) is 51.2. The van der Waals surface area contributed by atoms with Gasteiger partial charge in [-0.1, -0.05) is 219 Å². The molecule has 6 unspecified atom stereocenters. The maximum atomic E-state index is 13.2. The maximum absolute atomic E-state index is 13.2. The van der Waals surface area contributed by atoms with Gasteiger partial charge >= 0.3 is 23.9 Å². The van der Waals surface area contributed by atoms with Crippen LogP contribution in [0.5, 0.6) is 0 Å². The fourth-order valence-electron chi connectivity index (χ4n) is 8.69. The number of allylic oxidation sites excluding steroid dienone is 20. The number of carboxylic acid groups (broad SMARTS) is 1. The molecule has 1 saturated heterocycles. The van der Waals surface area contributed by atoms with Gasteiger partial charge in [-0.2, -0.15) is 0 Å². The number of hydrogen-bond acceptors (Lipinski definition) is 11. The van der Waals surface area contributed by atoms with Gasteiger partial charge in [-0.05, 0) is 122 Å². The van der Waals surface area contributed by atoms with E-state index in [0.717, 1.165) is 122 Å². The monoisotopic (exact) mass is 1130 g/mol. The van der Waals surface area contributed by atoms with Gasteiger partial charge in [0.25, 0.3) is 0 Å². The molecule has 12 heteroatoms. The molecule has 0 amide bonds. The molecule has 1 rings (SSSR count). The van der Waals surface area contributed by atoms with Crippen LogP contribution in [0.1, 0.15) is 239 Å². The first kappa shape index (κ1) is 74.1. The van der Waals surface area contributed by atoms with Crippen molar-refractivity contribution in [2.45, 2.75) is 276 Å². The Morgan fingerprint density at radius 1 is 0.420 bits per heavy atom. The van der Waals surface area contributed by atoms with E-state index in [1.807, 2.05) is 18.2 Å². The minimum atomic E-state index is -1.94. The average Bonchev–Trinajstić information content (AvgIpc) is 3.54. The smallest absolute Gasteiger partial charge is 0.335 e. The van der Waals surface area contributed by atoms with E-state index in [2.05, 4.69) is 124 Å². The summed E-state index contributed by atoms with van der Waals surface area (Å²) in [7, 11) is 0. The number of unbranched alkanes of at least 4 members (excludes halogenated alkanes) is 18. The average molecular weight is 1130 g/mol. The van der Waals surface area contributed by atoms with E-state index in [1.54, 1.807) is 0 Å². The standard InChI is InChI=1S/C69H110O12/c1-4-7-10-13-16-19-22-25-27-29-31-33-35-38-40-43-46-49-52-55-61(70)77-58-60(79-62(71)56-53-50-47-44-41-37-24-21-18-15-12-9-6-3)59-78-69-67(65(74)64(73)66(81-69)68(75)76)80-63(72)57-54-51-48-45-42-39-36-34-32-30-28-26-23-20-17-14-11-8-5-2/h8,11,16-17,19-21,24-28,31-34,39,42,48,51,60,64-67,69,73-74H,4-7,9-10,12-15,18,22-23,29-30,35-38,40-41,43-47,49-50,52-59H2,1-3H3,(H,75,76)/b11-8-,19-16-,20-17-,24-21-,27-25-,28-26-,33-31-,34-32-,42-39-,51-48-. The third kappa shape index (κ3) is 45.3. The predicted octanol–water partition coefficient (Wildman–Crippen LogP) is 16.8. The lowest BCUT2D eigenvalue weighted by molar-refractivity contribution is -0.301. The Hall–Kier alpha value is -4.88. The SMILES string of the molecule is CC/C=C\C/C=C\C/C=C\C/C=C\C/C=C\C/C=C\CCC(=O)OC1C(OCC(COC(=O)CCCCCCCC/C=C\C/C=C\C/C=C\CCCCC)OC(=O)CCCCCCC/C=C\CCCCCC)OC(C(=O)O)C(O)C1O. The molecule has 3 N–H and O–H groups in total. The van der Waals surface area contributed by atoms with Gasteiger partial charge < -0.3 is 39.0 Å². The van der Waals surface area contributed by atoms with Crippen molar-refractivity contribution in [3.05, 3.63) is 122 Å². The largest absolute Gasteiger partial charge is 0.479 e. The van der Waals surface area contributed by atoms with Gasteiger partial charge in [-0.25, -0.2) is 4.79 Å². The predicted molar refractivity (Wildman–Crippen MR) is 330 cm³/mol. The summed E-state index contributed by atoms with van der Waals surface area (Å²) in [5.74, 6) is -3.27. The van der Waals surface area contributed by atoms with Gasteiger partial charge in [0.15, 0.2) is 24.6 Å². The van der Waals surface area contributed by atoms with Crippen LogP contribution < -0.4 is 0 Å². The van der Waals surface area contributed by atoms with Gasteiger partial charge in [0.1, 0.15) is 18.8 Å². The zero-order chi connectivity index (χ0) is 58.9. The Balaban J connectivity index is 2.72. The van der Waals surface area contributed by atoms with Crippen LogP contribution in [0.2, 0.25) is 0 Å². The second-order valence-electron chi connectivity index (χ2n) is 20.9. The molecule has 0 aromatic carbocycles. The molecule has 458 valence electrons. The second kappa shape index (κ2) is 55.6. The van der Waals surface area contributed by atoms with Crippen LogP contribution in [0, 0.1) is 0 Å². The summed E-state index contributed by atoms with van der Waals surface area (Å²) in [6.07, 6.45) is 64.5. The number of carboxylic acids is 1. The minimum Gasteiger partial charge on any atom is -0.479 e. The Kier molecular flexibility index (Phi) is 50.9. The molecule has 6 atom stereocenters. The molecule has 1 fully saturated rings. The number of aliphatic hydroxyl groups is 2. The number of aliphatic hydroxyl groups excluding tert-OH is 2. The zero-order valence-corrected chi connectivity index (χ0v) is 50.5. The quantitative estimate of drug-likeness (QED) is 0.0228. The highest BCUT2D eigenvalue weighted by molar-refractivity contribution is 5.74. The van der Waals surface area contributed by atoms with E-state index >= 15 is 0 Å². The molecule has 1 aliphatic rings. The van der Waals surface area contributed by atoms with Gasteiger partial charge in [-0.3, -0.25) is 14.4 Å². The van der Waals surface area contributed by atoms with E-state index in [0.29, 0.717) is 25.7 Å². The number of carbonyl (C=O) groups is 4. The van der Waals surface area contributed by atoms with Gasteiger partial charge in [0.2, 0.25) is 0 Å². The zero-order valence-electron chi connectivity index (χ0n) is 50.5. The van der Waals surface area contributed by atoms with Gasteiger partial charge in [-0.15, -0.1) is 0 Å². The van der Waals surface area contributed by atoms with Crippen LogP contribution in [0.3, 0.4) is 0 Å². The van der Waals surface area contributed by atoms with Crippen molar-refractivity contribution in [3.63, 3.8) is 0 Å². The van der Waals surface area contributed by atoms with Crippen molar-refractivity contribution in [3.8, 4) is 0 Å². The molecule has 1 heterocycles. The molecule has 1 aliphatic heterocycles. The number of carbonyl (C=O) groups excluding carboxylic acids is 3. The third-order valence-corrected chi connectivity index (χ3v) is 13.5. The van der Waals surface area contributed by atoms with Crippen LogP contribution >= 0.6 is 0 Å². The molecule has 0 bridgehead atoms. The van der Waals surface area contributed by atoms with Crippen molar-refractivity contribution in [2.24, 2.45) is 0 Å². The second-order valence-corrected chi connectivity index (χ2v) is 20.9. The minimum absolute atomic E-state index is 0.0726. The molecule has 12 nitrogen and oxygen atoms in total. The number of esters is 3. The first-order valence-corrected chi connectivity index (χ1v) is 31.5. The number of aliphatic carboxylic acids is 1. The van der Waals surface area contributed by atoms with Gasteiger partial charge in [0.05, 0.1) is 6.61 Å². The summed E-state index contributed by atoms with van der Waals surface area (Å²) in [5, 5.41) is 31.5. The maximum Gasteiger partial charge on any atom is 0.335 e. The van der Waals surface area contributed by atoms with Crippen molar-refractivity contribution in [2.75, 3.05) is 13.2 Å². The van der Waals surface area contributed by atoms with Crippen molar-refractivity contribution >= 4 is 23.9 Å². The summed E-state index contributed by atoms with van der Waals surface area (Å²) in [6, 6.07) is 0. The molecule has 0 saturated carbocycles. The number of ether oxygens (including phenoxy) is 5. The van der Waals surface area contributed by atoms with Crippen LogP contribution in [-0.4, -0.2) is 89.2 Å². The molecular weight excluding hydrogens is 1020 g/mol. The lowest BCUT2D eigenvalue weighted by Gasteiger charge is -2.40. The Bertz CT molecular complexity index is 1870. The Morgan fingerprint density at radius 3 is 1.27 bits per heavy atom. The molecule has 0 radical (unpaired) electrons. The summed E-state index contributed by atoms with van der Waals surface area (Å²) in [5.41, 5.74) is 0. The van der Waals surface area contributed by atoms with Crippen molar-refractivity contribution < 1.29 is 58.2 Å². The van der Waals surface area contributed by atoms with E-state index in [1.165, 1.54) is 51.4 Å². The normalized spacial score (nSPS) is 18.6. The summed E-state index contributed by atoms with van der Waals surface area (Å²) >= 11 is 0. The number of rotatable bonds is 52. The fraction of sp³-hybridized carbons (Fsp3) is 0.652. The number of hydrogen-bond donors (Lipinski definition) is 3. The Labute approximate surface area is 490 Å².